The lowest BCUT2D eigenvalue weighted by atomic mass is 10.2. The fourth-order valence-electron chi connectivity index (χ4n) is 2.29. The Morgan fingerprint density at radius 1 is 1.29 bits per heavy atom. The second-order valence-electron chi connectivity index (χ2n) is 5.71. The average Bonchev–Trinajstić information content (AvgIpc) is 3.08. The molecule has 2 heterocycles. The van der Waals surface area contributed by atoms with Gasteiger partial charge in [0.1, 0.15) is 5.69 Å². The van der Waals surface area contributed by atoms with Crippen LogP contribution in [0.5, 0.6) is 0 Å². The van der Waals surface area contributed by atoms with Gasteiger partial charge in [0.15, 0.2) is 0 Å². The Bertz CT molecular complexity index is 827. The van der Waals surface area contributed by atoms with Crippen LogP contribution in [-0.4, -0.2) is 50.0 Å². The predicted molar refractivity (Wildman–Crippen MR) is 91.4 cm³/mol. The molecule has 2 aromatic rings. The minimum atomic E-state index is -0.302. The monoisotopic (exact) mass is 343 g/mol. The van der Waals surface area contributed by atoms with Gasteiger partial charge in [0, 0.05) is 20.3 Å². The Morgan fingerprint density at radius 2 is 2.08 bits per heavy atom. The summed E-state index contributed by atoms with van der Waals surface area (Å²) in [5, 5.41) is 7.85. The summed E-state index contributed by atoms with van der Waals surface area (Å²) < 4.78 is 1.64. The zero-order chi connectivity index (χ0) is 17.3. The summed E-state index contributed by atoms with van der Waals surface area (Å²) in [6, 6.07) is 7.84. The molecule has 0 atom stereocenters. The van der Waals surface area contributed by atoms with E-state index in [0.29, 0.717) is 10.6 Å². The fourth-order valence-corrected chi connectivity index (χ4v) is 3.20. The van der Waals surface area contributed by atoms with Crippen LogP contribution in [0.2, 0.25) is 0 Å². The first-order valence-electron chi connectivity index (χ1n) is 7.34. The number of imide groups is 1. The normalized spacial score (nSPS) is 16.3. The van der Waals surface area contributed by atoms with E-state index in [2.05, 4.69) is 10.3 Å². The van der Waals surface area contributed by atoms with Gasteiger partial charge in [-0.05, 0) is 36.4 Å². The van der Waals surface area contributed by atoms with E-state index in [4.69, 9.17) is 0 Å². The molecule has 8 heteroatoms. The lowest BCUT2D eigenvalue weighted by Crippen LogP contribution is -2.28. The molecule has 1 aromatic heterocycles. The predicted octanol–water partition coefficient (Wildman–Crippen LogP) is 2.17. The molecule has 2 amide bonds. The van der Waals surface area contributed by atoms with E-state index in [1.54, 1.807) is 36.1 Å². The molecule has 124 valence electrons. The highest BCUT2D eigenvalue weighted by Crippen LogP contribution is 2.31. The van der Waals surface area contributed by atoms with Crippen molar-refractivity contribution in [2.24, 2.45) is 0 Å². The van der Waals surface area contributed by atoms with Gasteiger partial charge in [-0.2, -0.15) is 0 Å². The molecule has 0 spiro atoms. The van der Waals surface area contributed by atoms with E-state index >= 15 is 0 Å². The van der Waals surface area contributed by atoms with Gasteiger partial charge < -0.3 is 4.90 Å². The van der Waals surface area contributed by atoms with E-state index in [9.17, 15) is 9.59 Å². The van der Waals surface area contributed by atoms with Gasteiger partial charge in [-0.3, -0.25) is 14.5 Å². The largest absolute Gasteiger partial charge is 0.382 e. The van der Waals surface area contributed by atoms with E-state index < -0.39 is 0 Å². The molecule has 0 bridgehead atoms. The van der Waals surface area contributed by atoms with Gasteiger partial charge >= 0.3 is 0 Å². The molecule has 1 aliphatic rings. The maximum Gasteiger partial charge on any atom is 0.293 e. The number of thioether (sulfide) groups is 1. The second kappa shape index (κ2) is 6.48. The number of hydrogen-bond donors (Lipinski definition) is 0. The molecule has 0 N–H and O–H groups in total. The quantitative estimate of drug-likeness (QED) is 0.793. The highest BCUT2D eigenvalue weighted by Gasteiger charge is 2.35. The number of benzene rings is 1. The SMILES string of the molecule is Cc1cccc(-n2cc(CN3C(=O)S/C(=C\N(C)C)C3=O)nn2)c1. The lowest BCUT2D eigenvalue weighted by Gasteiger charge is -2.10. The highest BCUT2D eigenvalue weighted by molar-refractivity contribution is 8.18. The van der Waals surface area contributed by atoms with Crippen LogP contribution in [0.4, 0.5) is 4.79 Å². The molecular formula is C16H17N5O2S. The molecule has 0 saturated carbocycles. The standard InChI is InChI=1S/C16H17N5O2S/c1-11-5-4-6-13(7-11)21-9-12(17-18-21)8-20-15(22)14(10-19(2)3)24-16(20)23/h4-7,9-10H,8H2,1-3H3/b14-10-. The number of rotatable bonds is 4. The minimum absolute atomic E-state index is 0.112. The Kier molecular flexibility index (Phi) is 4.39. The van der Waals surface area contributed by atoms with Crippen molar-refractivity contribution in [1.29, 1.82) is 0 Å². The van der Waals surface area contributed by atoms with Crippen LogP contribution < -0.4 is 0 Å². The summed E-state index contributed by atoms with van der Waals surface area (Å²) in [4.78, 5) is 27.7. The summed E-state index contributed by atoms with van der Waals surface area (Å²) in [5.41, 5.74) is 2.56. The van der Waals surface area contributed by atoms with Gasteiger partial charge in [0.25, 0.3) is 11.1 Å². The maximum atomic E-state index is 12.3. The third kappa shape index (κ3) is 3.33. The topological polar surface area (TPSA) is 71.3 Å². The summed E-state index contributed by atoms with van der Waals surface area (Å²) in [7, 11) is 3.61. The van der Waals surface area contributed by atoms with E-state index in [0.717, 1.165) is 23.0 Å². The van der Waals surface area contributed by atoms with Gasteiger partial charge in [-0.25, -0.2) is 4.68 Å². The number of carbonyl (C=O) groups excluding carboxylic acids is 2. The summed E-state index contributed by atoms with van der Waals surface area (Å²) in [6.07, 6.45) is 3.38. The van der Waals surface area contributed by atoms with E-state index in [-0.39, 0.29) is 17.7 Å². The van der Waals surface area contributed by atoms with Crippen LogP contribution in [0.3, 0.4) is 0 Å². The van der Waals surface area contributed by atoms with Gasteiger partial charge in [-0.1, -0.05) is 17.3 Å². The molecule has 3 rings (SSSR count). The van der Waals surface area contributed by atoms with Crippen LogP contribution in [0.15, 0.2) is 41.6 Å². The van der Waals surface area contributed by atoms with Crippen molar-refractivity contribution in [2.75, 3.05) is 14.1 Å². The molecule has 0 aliphatic carbocycles. The Hall–Kier alpha value is -2.61. The van der Waals surface area contributed by atoms with Crippen molar-refractivity contribution < 1.29 is 9.59 Å². The van der Waals surface area contributed by atoms with Crippen LogP contribution in [0, 0.1) is 6.92 Å². The van der Waals surface area contributed by atoms with Crippen LogP contribution in [0.25, 0.3) is 5.69 Å². The smallest absolute Gasteiger partial charge is 0.293 e. The zero-order valence-corrected chi connectivity index (χ0v) is 14.4. The molecule has 1 fully saturated rings. The third-order valence-corrected chi connectivity index (χ3v) is 4.27. The molecule has 24 heavy (non-hydrogen) atoms. The molecule has 7 nitrogen and oxygen atoms in total. The van der Waals surface area contributed by atoms with Crippen molar-refractivity contribution in [3.8, 4) is 5.69 Å². The Labute approximate surface area is 143 Å². The Balaban J connectivity index is 1.78. The van der Waals surface area contributed by atoms with Crippen molar-refractivity contribution in [1.82, 2.24) is 24.8 Å². The number of amides is 2. The molecule has 1 aromatic carbocycles. The van der Waals surface area contributed by atoms with Crippen LogP contribution >= 0.6 is 11.8 Å². The number of hydrogen-bond acceptors (Lipinski definition) is 6. The third-order valence-electron chi connectivity index (χ3n) is 3.38. The number of carbonyl (C=O) groups is 2. The first kappa shape index (κ1) is 16.3. The van der Waals surface area contributed by atoms with Crippen molar-refractivity contribution in [2.45, 2.75) is 13.5 Å². The number of aromatic nitrogens is 3. The average molecular weight is 343 g/mol. The van der Waals surface area contributed by atoms with Gasteiger partial charge in [0.2, 0.25) is 0 Å². The summed E-state index contributed by atoms with van der Waals surface area (Å²) >= 11 is 0.936. The van der Waals surface area contributed by atoms with E-state index in [1.165, 1.54) is 4.90 Å². The zero-order valence-electron chi connectivity index (χ0n) is 13.6. The first-order chi connectivity index (χ1) is 11.4. The summed E-state index contributed by atoms with van der Waals surface area (Å²) in [6.45, 7) is 2.11. The number of nitrogens with zero attached hydrogens (tertiary/aromatic N) is 5. The molecule has 1 aliphatic heterocycles. The fraction of sp³-hybridized carbons (Fsp3) is 0.250. The lowest BCUT2D eigenvalue weighted by molar-refractivity contribution is -0.123. The molecule has 0 unspecified atom stereocenters. The number of aryl methyl sites for hydroxylation is 1. The van der Waals surface area contributed by atoms with Crippen molar-refractivity contribution in [3.05, 3.63) is 52.8 Å². The van der Waals surface area contributed by atoms with Crippen molar-refractivity contribution >= 4 is 22.9 Å². The van der Waals surface area contributed by atoms with Gasteiger partial charge in [0.05, 0.1) is 23.3 Å². The van der Waals surface area contributed by atoms with Crippen molar-refractivity contribution in [3.63, 3.8) is 0 Å². The summed E-state index contributed by atoms with van der Waals surface area (Å²) in [5.74, 6) is -0.302. The van der Waals surface area contributed by atoms with Crippen LogP contribution in [-0.2, 0) is 11.3 Å². The maximum absolute atomic E-state index is 12.3. The molecule has 0 radical (unpaired) electrons. The Morgan fingerprint density at radius 3 is 2.79 bits per heavy atom. The second-order valence-corrected chi connectivity index (χ2v) is 6.70. The minimum Gasteiger partial charge on any atom is -0.382 e. The first-order valence-corrected chi connectivity index (χ1v) is 8.16. The highest BCUT2D eigenvalue weighted by atomic mass is 32.2. The van der Waals surface area contributed by atoms with Gasteiger partial charge in [-0.15, -0.1) is 5.10 Å². The van der Waals surface area contributed by atoms with Crippen LogP contribution in [0.1, 0.15) is 11.3 Å². The molecule has 1 saturated heterocycles. The molecular weight excluding hydrogens is 326 g/mol. The van der Waals surface area contributed by atoms with E-state index in [1.807, 2.05) is 31.2 Å².